The first-order chi connectivity index (χ1) is 6.68. The Morgan fingerprint density at radius 3 is 2.57 bits per heavy atom. The van der Waals surface area contributed by atoms with Crippen LogP contribution in [-0.4, -0.2) is 23.2 Å². The summed E-state index contributed by atoms with van der Waals surface area (Å²) in [6, 6.07) is 4.01. The largest absolute Gasteiger partial charge is 0.353 e. The van der Waals surface area contributed by atoms with Crippen LogP contribution in [-0.2, 0) is 6.54 Å². The summed E-state index contributed by atoms with van der Waals surface area (Å²) in [4.78, 5) is 11.2. The third kappa shape index (κ3) is 3.98. The number of hydrogen-bond donors (Lipinski definition) is 2. The van der Waals surface area contributed by atoms with E-state index in [0.29, 0.717) is 6.54 Å². The Morgan fingerprint density at radius 1 is 1.36 bits per heavy atom. The fourth-order valence-corrected chi connectivity index (χ4v) is 1.13. The molecule has 1 aromatic heterocycles. The van der Waals surface area contributed by atoms with Crippen LogP contribution in [0.25, 0.3) is 0 Å². The number of hydrogen-bond acceptors (Lipinski definition) is 1. The molecule has 4 heteroatoms. The standard InChI is InChI=1S/C10H17N3O/c1-9(2)12-10(14)11-5-8-13-6-3-4-7-13/h3-4,6-7,9H,5,8H2,1-2H3,(H2,11,12,14). The number of carbonyl (C=O) groups excluding carboxylic acids is 1. The van der Waals surface area contributed by atoms with Crippen LogP contribution < -0.4 is 10.6 Å². The van der Waals surface area contributed by atoms with Gasteiger partial charge in [0, 0.05) is 31.5 Å². The molecular formula is C10H17N3O. The molecule has 0 atom stereocenters. The van der Waals surface area contributed by atoms with Gasteiger partial charge in [-0.05, 0) is 26.0 Å². The molecule has 0 aliphatic rings. The van der Waals surface area contributed by atoms with Crippen LogP contribution in [0.5, 0.6) is 0 Å². The van der Waals surface area contributed by atoms with Crippen LogP contribution in [0.2, 0.25) is 0 Å². The number of carbonyl (C=O) groups is 1. The first-order valence-corrected chi connectivity index (χ1v) is 4.83. The summed E-state index contributed by atoms with van der Waals surface area (Å²) in [6.07, 6.45) is 3.95. The van der Waals surface area contributed by atoms with Gasteiger partial charge in [-0.25, -0.2) is 4.79 Å². The molecule has 0 spiro atoms. The number of amides is 2. The van der Waals surface area contributed by atoms with E-state index in [1.807, 2.05) is 42.9 Å². The molecule has 4 nitrogen and oxygen atoms in total. The van der Waals surface area contributed by atoms with Gasteiger partial charge in [-0.2, -0.15) is 0 Å². The molecular weight excluding hydrogens is 178 g/mol. The zero-order chi connectivity index (χ0) is 10.4. The number of nitrogens with zero attached hydrogens (tertiary/aromatic N) is 1. The number of urea groups is 1. The van der Waals surface area contributed by atoms with Crippen molar-refractivity contribution < 1.29 is 4.79 Å². The summed E-state index contributed by atoms with van der Waals surface area (Å²) >= 11 is 0. The Kier molecular flexibility index (Phi) is 4.04. The van der Waals surface area contributed by atoms with Crippen molar-refractivity contribution in [1.82, 2.24) is 15.2 Å². The Bertz CT molecular complexity index is 267. The molecule has 1 aromatic rings. The summed E-state index contributed by atoms with van der Waals surface area (Å²) in [5, 5.41) is 5.54. The quantitative estimate of drug-likeness (QED) is 0.745. The highest BCUT2D eigenvalue weighted by atomic mass is 16.2. The minimum atomic E-state index is -0.104. The topological polar surface area (TPSA) is 46.1 Å². The van der Waals surface area contributed by atoms with Gasteiger partial charge in [0.15, 0.2) is 0 Å². The van der Waals surface area contributed by atoms with Crippen molar-refractivity contribution in [2.24, 2.45) is 0 Å². The average molecular weight is 195 g/mol. The molecule has 0 fully saturated rings. The van der Waals surface area contributed by atoms with Crippen LogP contribution in [0.1, 0.15) is 13.8 Å². The van der Waals surface area contributed by atoms with E-state index in [0.717, 1.165) is 6.54 Å². The molecule has 1 heterocycles. The summed E-state index contributed by atoms with van der Waals surface area (Å²) in [5.74, 6) is 0. The summed E-state index contributed by atoms with van der Waals surface area (Å²) < 4.78 is 2.02. The second kappa shape index (κ2) is 5.32. The Balaban J connectivity index is 2.12. The summed E-state index contributed by atoms with van der Waals surface area (Å²) in [7, 11) is 0. The number of aromatic nitrogens is 1. The lowest BCUT2D eigenvalue weighted by atomic mass is 10.4. The molecule has 14 heavy (non-hydrogen) atoms. The molecule has 2 amide bonds. The maximum atomic E-state index is 11.2. The van der Waals surface area contributed by atoms with Gasteiger partial charge in [-0.1, -0.05) is 0 Å². The van der Waals surface area contributed by atoms with Crippen molar-refractivity contribution in [3.05, 3.63) is 24.5 Å². The van der Waals surface area contributed by atoms with E-state index in [9.17, 15) is 4.79 Å². The van der Waals surface area contributed by atoms with Gasteiger partial charge in [0.2, 0.25) is 0 Å². The molecule has 0 radical (unpaired) electrons. The third-order valence-electron chi connectivity index (χ3n) is 1.74. The van der Waals surface area contributed by atoms with Crippen molar-refractivity contribution >= 4 is 6.03 Å². The van der Waals surface area contributed by atoms with Crippen molar-refractivity contribution in [3.63, 3.8) is 0 Å². The zero-order valence-electron chi connectivity index (χ0n) is 8.66. The van der Waals surface area contributed by atoms with Gasteiger partial charge in [-0.15, -0.1) is 0 Å². The van der Waals surface area contributed by atoms with Crippen molar-refractivity contribution in [2.45, 2.75) is 26.4 Å². The van der Waals surface area contributed by atoms with Crippen LogP contribution in [0.4, 0.5) is 4.79 Å². The summed E-state index contributed by atoms with van der Waals surface area (Å²) in [6.45, 7) is 5.32. The smallest absolute Gasteiger partial charge is 0.315 e. The number of nitrogens with one attached hydrogen (secondary N) is 2. The fraction of sp³-hybridized carbons (Fsp3) is 0.500. The van der Waals surface area contributed by atoms with Crippen molar-refractivity contribution in [2.75, 3.05) is 6.54 Å². The van der Waals surface area contributed by atoms with Crippen LogP contribution >= 0.6 is 0 Å². The summed E-state index contributed by atoms with van der Waals surface area (Å²) in [5.41, 5.74) is 0. The number of rotatable bonds is 4. The van der Waals surface area contributed by atoms with Gasteiger partial charge < -0.3 is 15.2 Å². The normalized spacial score (nSPS) is 10.2. The molecule has 0 bridgehead atoms. The fourth-order valence-electron chi connectivity index (χ4n) is 1.13. The maximum absolute atomic E-state index is 11.2. The zero-order valence-corrected chi connectivity index (χ0v) is 8.66. The van der Waals surface area contributed by atoms with E-state index in [1.54, 1.807) is 0 Å². The monoisotopic (exact) mass is 195 g/mol. The Labute approximate surface area is 84.3 Å². The predicted molar refractivity (Wildman–Crippen MR) is 56.1 cm³/mol. The van der Waals surface area contributed by atoms with Crippen LogP contribution in [0, 0.1) is 0 Å². The van der Waals surface area contributed by atoms with E-state index in [2.05, 4.69) is 10.6 Å². The van der Waals surface area contributed by atoms with Gasteiger partial charge in [-0.3, -0.25) is 0 Å². The highest BCUT2D eigenvalue weighted by molar-refractivity contribution is 5.73. The average Bonchev–Trinajstić information content (AvgIpc) is 2.55. The molecule has 0 saturated heterocycles. The van der Waals surface area contributed by atoms with Gasteiger partial charge in [0.25, 0.3) is 0 Å². The molecule has 0 aliphatic heterocycles. The van der Waals surface area contributed by atoms with E-state index < -0.39 is 0 Å². The highest BCUT2D eigenvalue weighted by Crippen LogP contribution is 1.87. The van der Waals surface area contributed by atoms with Crippen LogP contribution in [0.15, 0.2) is 24.5 Å². The third-order valence-corrected chi connectivity index (χ3v) is 1.74. The van der Waals surface area contributed by atoms with E-state index >= 15 is 0 Å². The molecule has 1 rings (SSSR count). The van der Waals surface area contributed by atoms with Crippen molar-refractivity contribution in [1.29, 1.82) is 0 Å². The molecule has 2 N–H and O–H groups in total. The van der Waals surface area contributed by atoms with E-state index in [-0.39, 0.29) is 12.1 Å². The lowest BCUT2D eigenvalue weighted by Gasteiger charge is -2.10. The van der Waals surface area contributed by atoms with E-state index in [4.69, 9.17) is 0 Å². The Hall–Kier alpha value is -1.45. The SMILES string of the molecule is CC(C)NC(=O)NCCn1cccc1. The second-order valence-electron chi connectivity index (χ2n) is 3.48. The van der Waals surface area contributed by atoms with Gasteiger partial charge in [0.05, 0.1) is 0 Å². The van der Waals surface area contributed by atoms with Gasteiger partial charge in [0.1, 0.15) is 0 Å². The highest BCUT2D eigenvalue weighted by Gasteiger charge is 2.00. The Morgan fingerprint density at radius 2 is 2.00 bits per heavy atom. The minimum absolute atomic E-state index is 0.104. The molecule has 78 valence electrons. The molecule has 0 aliphatic carbocycles. The first-order valence-electron chi connectivity index (χ1n) is 4.83. The van der Waals surface area contributed by atoms with Gasteiger partial charge >= 0.3 is 6.03 Å². The molecule has 0 saturated carbocycles. The van der Waals surface area contributed by atoms with Crippen LogP contribution in [0.3, 0.4) is 0 Å². The lowest BCUT2D eigenvalue weighted by Crippen LogP contribution is -2.40. The lowest BCUT2D eigenvalue weighted by molar-refractivity contribution is 0.238. The van der Waals surface area contributed by atoms with Crippen molar-refractivity contribution in [3.8, 4) is 0 Å². The predicted octanol–water partition coefficient (Wildman–Crippen LogP) is 1.20. The molecule has 0 unspecified atom stereocenters. The second-order valence-corrected chi connectivity index (χ2v) is 3.48. The first kappa shape index (κ1) is 10.6. The van der Waals surface area contributed by atoms with E-state index in [1.165, 1.54) is 0 Å². The molecule has 0 aromatic carbocycles. The maximum Gasteiger partial charge on any atom is 0.315 e. The minimum Gasteiger partial charge on any atom is -0.353 e.